The zero-order valence-corrected chi connectivity index (χ0v) is 6.80. The molecule has 0 rings (SSSR count). The molecule has 0 fully saturated rings. The van der Waals surface area contributed by atoms with Gasteiger partial charge in [-0.05, 0) is 11.8 Å². The Bertz CT molecular complexity index is 125. The summed E-state index contributed by atoms with van der Waals surface area (Å²) in [5.41, 5.74) is 0.00755. The number of aliphatic hydroxyl groups excluding tert-OH is 1. The van der Waals surface area contributed by atoms with Gasteiger partial charge >= 0.3 is 0 Å². The van der Waals surface area contributed by atoms with Gasteiger partial charge in [0.25, 0.3) is 0 Å². The average molecular weight is 140 g/mol. The second kappa shape index (κ2) is 3.57. The van der Waals surface area contributed by atoms with Gasteiger partial charge in [-0.3, -0.25) is 0 Å². The Hall–Kier alpha value is -0.560. The van der Waals surface area contributed by atoms with Gasteiger partial charge in [0, 0.05) is 0 Å². The summed E-state index contributed by atoms with van der Waals surface area (Å²) in [4.78, 5) is 0. The molecule has 0 spiro atoms. The van der Waals surface area contributed by atoms with Crippen molar-refractivity contribution in [3.8, 4) is 0 Å². The van der Waals surface area contributed by atoms with Crippen LogP contribution in [-0.2, 0) is 0 Å². The molecule has 0 aromatic rings. The molecule has 0 saturated carbocycles. The van der Waals surface area contributed by atoms with E-state index in [1.807, 2.05) is 19.9 Å². The van der Waals surface area contributed by atoms with E-state index >= 15 is 0 Å². The van der Waals surface area contributed by atoms with Crippen molar-refractivity contribution >= 4 is 0 Å². The van der Waals surface area contributed by atoms with Crippen molar-refractivity contribution in [2.75, 3.05) is 0 Å². The molecule has 0 aromatic heterocycles. The molecular formula is C9H16O. The maximum atomic E-state index is 9.16. The maximum Gasteiger partial charge on any atom is 0.0726 e. The van der Waals surface area contributed by atoms with Crippen LogP contribution in [0.25, 0.3) is 0 Å². The molecule has 0 aliphatic heterocycles. The van der Waals surface area contributed by atoms with E-state index in [1.165, 1.54) is 0 Å². The summed E-state index contributed by atoms with van der Waals surface area (Å²) in [5.74, 6) is 0. The molecular weight excluding hydrogens is 124 g/mol. The van der Waals surface area contributed by atoms with Crippen LogP contribution in [0.3, 0.4) is 0 Å². The van der Waals surface area contributed by atoms with Crippen molar-refractivity contribution in [1.82, 2.24) is 0 Å². The van der Waals surface area contributed by atoms with E-state index in [0.29, 0.717) is 6.42 Å². The summed E-state index contributed by atoms with van der Waals surface area (Å²) in [5, 5.41) is 9.16. The first-order chi connectivity index (χ1) is 4.52. The zero-order chi connectivity index (χ0) is 8.20. The maximum absolute atomic E-state index is 9.16. The second-order valence-corrected chi connectivity index (χ2v) is 3.20. The van der Waals surface area contributed by atoms with Gasteiger partial charge in [0.15, 0.2) is 0 Å². The fourth-order valence-corrected chi connectivity index (χ4v) is 0.706. The lowest BCUT2D eigenvalue weighted by atomic mass is 9.87. The van der Waals surface area contributed by atoms with Crippen LogP contribution in [0, 0.1) is 5.41 Å². The molecule has 0 aliphatic carbocycles. The Morgan fingerprint density at radius 2 is 2.00 bits per heavy atom. The minimum absolute atomic E-state index is 0.00755. The van der Waals surface area contributed by atoms with Gasteiger partial charge in [-0.2, -0.15) is 0 Å². The fraction of sp³-hybridized carbons (Fsp3) is 0.556. The standard InChI is InChI=1S/C9H16O/c1-5-8(10)7-9(3,4)6-2/h5-6,8,10H,1-2,7H2,3-4H3. The van der Waals surface area contributed by atoms with Crippen LogP contribution in [0.5, 0.6) is 0 Å². The predicted octanol–water partition coefficient (Wildman–Crippen LogP) is 2.14. The highest BCUT2D eigenvalue weighted by atomic mass is 16.3. The molecule has 1 unspecified atom stereocenters. The van der Waals surface area contributed by atoms with Crippen LogP contribution >= 0.6 is 0 Å². The molecule has 1 heteroatoms. The molecule has 1 nitrogen and oxygen atoms in total. The number of aliphatic hydroxyl groups is 1. The van der Waals surface area contributed by atoms with Crippen molar-refractivity contribution in [2.24, 2.45) is 5.41 Å². The first-order valence-electron chi connectivity index (χ1n) is 3.46. The lowest BCUT2D eigenvalue weighted by molar-refractivity contribution is 0.174. The van der Waals surface area contributed by atoms with Gasteiger partial charge in [0.1, 0.15) is 0 Å². The Morgan fingerprint density at radius 1 is 1.50 bits per heavy atom. The molecule has 0 heterocycles. The summed E-state index contributed by atoms with van der Waals surface area (Å²) in [6.45, 7) is 11.2. The SMILES string of the molecule is C=CC(O)CC(C)(C)C=C. The molecule has 58 valence electrons. The van der Waals surface area contributed by atoms with Crippen molar-refractivity contribution in [3.63, 3.8) is 0 Å². The summed E-state index contributed by atoms with van der Waals surface area (Å²) >= 11 is 0. The second-order valence-electron chi connectivity index (χ2n) is 3.20. The normalized spacial score (nSPS) is 14.3. The first-order valence-corrected chi connectivity index (χ1v) is 3.46. The highest BCUT2D eigenvalue weighted by Gasteiger charge is 2.15. The minimum Gasteiger partial charge on any atom is -0.389 e. The Labute approximate surface area is 63.1 Å². The first kappa shape index (κ1) is 9.44. The molecule has 0 amide bonds. The summed E-state index contributed by atoms with van der Waals surface area (Å²) in [6.07, 6.45) is 3.68. The topological polar surface area (TPSA) is 20.2 Å². The number of allylic oxidation sites excluding steroid dienone is 1. The van der Waals surface area contributed by atoms with Crippen LogP contribution in [-0.4, -0.2) is 11.2 Å². The number of rotatable bonds is 4. The molecule has 1 N–H and O–H groups in total. The van der Waals surface area contributed by atoms with Crippen molar-refractivity contribution in [2.45, 2.75) is 26.4 Å². The van der Waals surface area contributed by atoms with Gasteiger partial charge in [-0.15, -0.1) is 13.2 Å². The van der Waals surface area contributed by atoms with E-state index in [4.69, 9.17) is 5.11 Å². The molecule has 10 heavy (non-hydrogen) atoms. The van der Waals surface area contributed by atoms with Crippen LogP contribution in [0.15, 0.2) is 25.3 Å². The van der Waals surface area contributed by atoms with Crippen LogP contribution in [0.1, 0.15) is 20.3 Å². The van der Waals surface area contributed by atoms with Crippen molar-refractivity contribution in [1.29, 1.82) is 0 Å². The third kappa shape index (κ3) is 3.46. The van der Waals surface area contributed by atoms with Gasteiger partial charge in [0.05, 0.1) is 6.10 Å². The molecule has 1 atom stereocenters. The largest absolute Gasteiger partial charge is 0.389 e. The van der Waals surface area contributed by atoms with Crippen LogP contribution in [0.4, 0.5) is 0 Å². The highest BCUT2D eigenvalue weighted by Crippen LogP contribution is 2.23. The predicted molar refractivity (Wildman–Crippen MR) is 44.8 cm³/mol. The lowest BCUT2D eigenvalue weighted by Crippen LogP contribution is -2.16. The Kier molecular flexibility index (Phi) is 3.37. The molecule has 0 aromatic carbocycles. The Morgan fingerprint density at radius 3 is 2.30 bits per heavy atom. The summed E-state index contributed by atoms with van der Waals surface area (Å²) < 4.78 is 0. The van der Waals surface area contributed by atoms with Crippen molar-refractivity contribution < 1.29 is 5.11 Å². The van der Waals surface area contributed by atoms with E-state index in [-0.39, 0.29) is 5.41 Å². The average Bonchev–Trinajstić information content (AvgIpc) is 1.87. The van der Waals surface area contributed by atoms with Gasteiger partial charge in [-0.25, -0.2) is 0 Å². The van der Waals surface area contributed by atoms with Crippen molar-refractivity contribution in [3.05, 3.63) is 25.3 Å². The smallest absolute Gasteiger partial charge is 0.0726 e. The third-order valence-electron chi connectivity index (χ3n) is 1.56. The zero-order valence-electron chi connectivity index (χ0n) is 6.80. The van der Waals surface area contributed by atoms with E-state index in [1.54, 1.807) is 6.08 Å². The van der Waals surface area contributed by atoms with Gasteiger partial charge in [-0.1, -0.05) is 26.0 Å². The summed E-state index contributed by atoms with van der Waals surface area (Å²) in [7, 11) is 0. The van der Waals surface area contributed by atoms with Gasteiger partial charge < -0.3 is 5.11 Å². The molecule has 0 bridgehead atoms. The molecule has 0 aliphatic rings. The summed E-state index contributed by atoms with van der Waals surface area (Å²) in [6, 6.07) is 0. The van der Waals surface area contributed by atoms with E-state index < -0.39 is 6.10 Å². The Balaban J connectivity index is 3.86. The lowest BCUT2D eigenvalue weighted by Gasteiger charge is -2.21. The third-order valence-corrected chi connectivity index (χ3v) is 1.56. The fourth-order valence-electron chi connectivity index (χ4n) is 0.706. The van der Waals surface area contributed by atoms with E-state index in [2.05, 4.69) is 13.2 Å². The van der Waals surface area contributed by atoms with Crippen LogP contribution in [0.2, 0.25) is 0 Å². The quantitative estimate of drug-likeness (QED) is 0.593. The monoisotopic (exact) mass is 140 g/mol. The molecule has 0 radical (unpaired) electrons. The van der Waals surface area contributed by atoms with Crippen LogP contribution < -0.4 is 0 Å². The number of hydrogen-bond acceptors (Lipinski definition) is 1. The minimum atomic E-state index is -0.409. The van der Waals surface area contributed by atoms with Gasteiger partial charge in [0.2, 0.25) is 0 Å². The molecule has 0 saturated heterocycles. The van der Waals surface area contributed by atoms with E-state index in [9.17, 15) is 0 Å². The number of hydrogen-bond donors (Lipinski definition) is 1. The van der Waals surface area contributed by atoms with E-state index in [0.717, 1.165) is 0 Å². The highest BCUT2D eigenvalue weighted by molar-refractivity contribution is 4.93.